The summed E-state index contributed by atoms with van der Waals surface area (Å²) in [4.78, 5) is 36.2. The van der Waals surface area contributed by atoms with E-state index in [4.69, 9.17) is 32.9 Å². The van der Waals surface area contributed by atoms with Crippen molar-refractivity contribution in [2.75, 3.05) is 20.2 Å². The van der Waals surface area contributed by atoms with Crippen LogP contribution in [0, 0.1) is 0 Å². The second-order valence-corrected chi connectivity index (χ2v) is 13.8. The lowest BCUT2D eigenvalue weighted by atomic mass is 9.90. The monoisotopic (exact) mass is 708 g/mol. The highest BCUT2D eigenvalue weighted by Gasteiger charge is 2.36. The maximum absolute atomic E-state index is 14.7. The molecule has 0 radical (unpaired) electrons. The summed E-state index contributed by atoms with van der Waals surface area (Å²) in [5.41, 5.74) is 4.42. The summed E-state index contributed by atoms with van der Waals surface area (Å²) >= 11 is 14.0. The number of carbonyl (C=O) groups excluding carboxylic acids is 1. The van der Waals surface area contributed by atoms with Crippen molar-refractivity contribution in [1.29, 1.82) is 0 Å². The molecule has 1 atom stereocenters. The fourth-order valence-corrected chi connectivity index (χ4v) is 8.29. The van der Waals surface area contributed by atoms with E-state index in [1.807, 2.05) is 99.8 Å². The summed E-state index contributed by atoms with van der Waals surface area (Å²) in [5.74, 6) is 0.450. The predicted molar refractivity (Wildman–Crippen MR) is 200 cm³/mol. The Kier molecular flexibility index (Phi) is 8.96. The number of methoxy groups -OCH3 is 1. The van der Waals surface area contributed by atoms with Gasteiger partial charge in [0, 0.05) is 57.9 Å². The Morgan fingerprint density at radius 1 is 1.00 bits per heavy atom. The first-order valence-electron chi connectivity index (χ1n) is 16.1. The fraction of sp³-hybridized carbons (Fsp3) is 0.205. The van der Waals surface area contributed by atoms with E-state index in [2.05, 4.69) is 10.6 Å². The number of likely N-dealkylation sites (N-methyl/N-ethyl adjacent to an activating group) is 1. The van der Waals surface area contributed by atoms with Crippen LogP contribution in [0.15, 0.2) is 106 Å². The molecule has 0 fully saturated rings. The lowest BCUT2D eigenvalue weighted by molar-refractivity contribution is -0.127. The number of ether oxygens (including phenoxy) is 1. The third-order valence-electron chi connectivity index (χ3n) is 9.19. The summed E-state index contributed by atoms with van der Waals surface area (Å²) in [5, 5.41) is 4.07. The highest BCUT2D eigenvalue weighted by molar-refractivity contribution is 7.07. The van der Waals surface area contributed by atoms with Gasteiger partial charge >= 0.3 is 0 Å². The lowest BCUT2D eigenvalue weighted by Crippen LogP contribution is -2.43. The van der Waals surface area contributed by atoms with Gasteiger partial charge in [-0.05, 0) is 67.4 Å². The number of carbonyl (C=O) groups is 1. The number of hydrogen-bond donors (Lipinski definition) is 0. The minimum absolute atomic E-state index is 0.149. The molecule has 3 heterocycles. The molecule has 7 rings (SSSR count). The summed E-state index contributed by atoms with van der Waals surface area (Å²) in [7, 11) is 1.62. The zero-order chi connectivity index (χ0) is 34.4. The molecule has 4 aromatic carbocycles. The number of rotatable bonds is 8. The van der Waals surface area contributed by atoms with E-state index in [9.17, 15) is 9.59 Å². The van der Waals surface area contributed by atoms with Gasteiger partial charge in [-0.3, -0.25) is 14.2 Å². The largest absolute Gasteiger partial charge is 0.496 e. The second-order valence-electron chi connectivity index (χ2n) is 11.9. The third kappa shape index (κ3) is 5.78. The first-order valence-corrected chi connectivity index (χ1v) is 17.7. The number of hydrogen-bond acceptors (Lipinski definition) is 5. The van der Waals surface area contributed by atoms with Gasteiger partial charge in [0.1, 0.15) is 11.8 Å². The second kappa shape index (κ2) is 13.3. The van der Waals surface area contributed by atoms with E-state index in [0.29, 0.717) is 56.0 Å². The average molecular weight is 710 g/mol. The Labute approximate surface area is 297 Å². The minimum Gasteiger partial charge on any atom is -0.496 e. The van der Waals surface area contributed by atoms with Crippen molar-refractivity contribution < 1.29 is 9.53 Å². The highest BCUT2D eigenvalue weighted by Crippen LogP contribution is 2.40. The standard InChI is InChI=1S/C39H34Cl2N4O3S/c1-5-43(6-2)38(47)34-23(3)42-39-45(36(34)35-29-13-8-7-11-24(29)16-18-32(35)48-4)37(46)33(49-39)19-26-22-44(31-14-10-9-12-28(26)31)21-25-15-17-27(40)20-30(25)41/h7-20,22,36H,5-6,21H2,1-4H3/b33-19+/t36-/m1/s1. The van der Waals surface area contributed by atoms with E-state index >= 15 is 0 Å². The quantitative estimate of drug-likeness (QED) is 0.164. The number of aromatic nitrogens is 2. The molecule has 1 aliphatic rings. The number of allylic oxidation sites excluding steroid dienone is 1. The van der Waals surface area contributed by atoms with Crippen LogP contribution in [0.25, 0.3) is 27.8 Å². The molecule has 6 aromatic rings. The molecular weight excluding hydrogens is 675 g/mol. The first-order chi connectivity index (χ1) is 23.7. The number of halogens is 2. The van der Waals surface area contributed by atoms with E-state index in [-0.39, 0.29) is 11.5 Å². The van der Waals surface area contributed by atoms with E-state index in [0.717, 1.165) is 38.4 Å². The molecule has 248 valence electrons. The Hall–Kier alpha value is -4.63. The Bertz CT molecular complexity index is 2490. The van der Waals surface area contributed by atoms with Gasteiger partial charge in [-0.25, -0.2) is 4.99 Å². The fourth-order valence-electron chi connectivity index (χ4n) is 6.78. The van der Waals surface area contributed by atoms with Crippen molar-refractivity contribution in [3.63, 3.8) is 0 Å². The van der Waals surface area contributed by atoms with Crippen molar-refractivity contribution in [2.24, 2.45) is 4.99 Å². The molecule has 7 nitrogen and oxygen atoms in total. The van der Waals surface area contributed by atoms with Crippen molar-refractivity contribution in [1.82, 2.24) is 14.0 Å². The molecule has 0 saturated carbocycles. The predicted octanol–water partition coefficient (Wildman–Crippen LogP) is 7.58. The lowest BCUT2D eigenvalue weighted by Gasteiger charge is -2.30. The Morgan fingerprint density at radius 2 is 1.73 bits per heavy atom. The zero-order valence-electron chi connectivity index (χ0n) is 27.5. The number of benzene rings is 4. The van der Waals surface area contributed by atoms with E-state index < -0.39 is 6.04 Å². The van der Waals surface area contributed by atoms with Crippen LogP contribution in [0.5, 0.6) is 5.75 Å². The molecule has 0 N–H and O–H groups in total. The molecule has 2 aromatic heterocycles. The molecule has 49 heavy (non-hydrogen) atoms. The molecule has 1 aliphatic heterocycles. The van der Waals surface area contributed by atoms with Gasteiger partial charge < -0.3 is 14.2 Å². The molecule has 1 amide bonds. The topological polar surface area (TPSA) is 68.8 Å². The van der Waals surface area contributed by atoms with Gasteiger partial charge in [0.2, 0.25) is 0 Å². The van der Waals surface area contributed by atoms with Crippen molar-refractivity contribution >= 4 is 68.2 Å². The van der Waals surface area contributed by atoms with Crippen molar-refractivity contribution in [2.45, 2.75) is 33.4 Å². The Morgan fingerprint density at radius 3 is 2.47 bits per heavy atom. The molecule has 0 saturated heterocycles. The minimum atomic E-state index is -0.749. The van der Waals surface area contributed by atoms with Crippen LogP contribution in [0.2, 0.25) is 10.0 Å². The number of nitrogens with zero attached hydrogens (tertiary/aromatic N) is 4. The summed E-state index contributed by atoms with van der Waals surface area (Å²) in [6.45, 7) is 7.35. The van der Waals surface area contributed by atoms with Gasteiger partial charge in [0.25, 0.3) is 11.5 Å². The van der Waals surface area contributed by atoms with E-state index in [1.54, 1.807) is 22.6 Å². The van der Waals surface area contributed by atoms with Gasteiger partial charge in [0.05, 0.1) is 22.9 Å². The van der Waals surface area contributed by atoms with Crippen LogP contribution < -0.4 is 19.6 Å². The molecule has 0 aliphatic carbocycles. The number of fused-ring (bicyclic) bond motifs is 3. The van der Waals surface area contributed by atoms with Crippen LogP contribution in [-0.2, 0) is 11.3 Å². The average Bonchev–Trinajstić information content (AvgIpc) is 3.61. The zero-order valence-corrected chi connectivity index (χ0v) is 29.9. The summed E-state index contributed by atoms with van der Waals surface area (Å²) in [6, 6.07) is 24.7. The number of amides is 1. The smallest absolute Gasteiger partial charge is 0.271 e. The molecular formula is C39H34Cl2N4O3S. The Balaban J connectivity index is 1.45. The van der Waals surface area contributed by atoms with Gasteiger partial charge in [-0.2, -0.15) is 0 Å². The van der Waals surface area contributed by atoms with Crippen LogP contribution >= 0.6 is 34.5 Å². The molecule has 0 unspecified atom stereocenters. The van der Waals surface area contributed by atoms with Gasteiger partial charge in [0.15, 0.2) is 4.80 Å². The normalized spacial score (nSPS) is 14.7. The van der Waals surface area contributed by atoms with Crippen molar-refractivity contribution in [3.8, 4) is 5.75 Å². The number of para-hydroxylation sites is 1. The third-order valence-corrected chi connectivity index (χ3v) is 10.8. The van der Waals surface area contributed by atoms with Crippen LogP contribution in [0.3, 0.4) is 0 Å². The molecule has 10 heteroatoms. The number of thiazole rings is 1. The van der Waals surface area contributed by atoms with Crippen LogP contribution in [0.1, 0.15) is 43.5 Å². The maximum atomic E-state index is 14.7. The summed E-state index contributed by atoms with van der Waals surface area (Å²) < 4.78 is 10.3. The van der Waals surface area contributed by atoms with Crippen LogP contribution in [-0.4, -0.2) is 40.1 Å². The summed E-state index contributed by atoms with van der Waals surface area (Å²) in [6.07, 6.45) is 3.97. The van der Waals surface area contributed by atoms with Crippen molar-refractivity contribution in [3.05, 3.63) is 143 Å². The SMILES string of the molecule is CCN(CC)C(=O)C1=C(C)N=c2s/c(=C/c3cn(Cc4ccc(Cl)cc4Cl)c4ccccc34)c(=O)n2[C@H]1c1c(OC)ccc2ccccc12. The molecule has 0 bridgehead atoms. The molecule has 0 spiro atoms. The van der Waals surface area contributed by atoms with E-state index in [1.165, 1.54) is 11.3 Å². The van der Waals surface area contributed by atoms with Gasteiger partial charge in [-0.1, -0.05) is 89.1 Å². The maximum Gasteiger partial charge on any atom is 0.271 e. The van der Waals surface area contributed by atoms with Crippen LogP contribution in [0.4, 0.5) is 0 Å². The van der Waals surface area contributed by atoms with Gasteiger partial charge in [-0.15, -0.1) is 0 Å². The first kappa shape index (κ1) is 32.9. The highest BCUT2D eigenvalue weighted by atomic mass is 35.5.